The highest BCUT2D eigenvalue weighted by Crippen LogP contribution is 2.30. The predicted octanol–water partition coefficient (Wildman–Crippen LogP) is 3.58. The highest BCUT2D eigenvalue weighted by atomic mass is 35.5. The van der Waals surface area contributed by atoms with Gasteiger partial charge in [0.1, 0.15) is 0 Å². The van der Waals surface area contributed by atoms with Gasteiger partial charge >= 0.3 is 0 Å². The average molecular weight is 351 g/mol. The normalized spacial score (nSPS) is 12.1. The molecule has 1 aromatic heterocycles. The Balaban J connectivity index is 2.31. The molecule has 4 nitrogen and oxygen atoms in total. The summed E-state index contributed by atoms with van der Waals surface area (Å²) in [7, 11) is -2.11. The molecule has 0 amide bonds. The zero-order valence-corrected chi connectivity index (χ0v) is 13.9. The Kier molecular flexibility index (Phi) is 4.71. The molecule has 2 aromatic rings. The smallest absolute Gasteiger partial charge is 0.229 e. The van der Waals surface area contributed by atoms with Gasteiger partial charge in [-0.2, -0.15) is 4.31 Å². The van der Waals surface area contributed by atoms with Gasteiger partial charge in [-0.25, -0.2) is 13.4 Å². The van der Waals surface area contributed by atoms with Gasteiger partial charge in [-0.15, -0.1) is 0 Å². The topological polar surface area (TPSA) is 50.3 Å². The van der Waals surface area contributed by atoms with E-state index in [-0.39, 0.29) is 15.2 Å². The van der Waals surface area contributed by atoms with Gasteiger partial charge < -0.3 is 0 Å². The summed E-state index contributed by atoms with van der Waals surface area (Å²) in [5.74, 6) is 0. The third kappa shape index (κ3) is 3.15. The fourth-order valence-corrected chi connectivity index (χ4v) is 4.95. The van der Waals surface area contributed by atoms with Crippen molar-refractivity contribution in [2.75, 3.05) is 7.05 Å². The second kappa shape index (κ2) is 5.99. The van der Waals surface area contributed by atoms with Crippen molar-refractivity contribution in [1.82, 2.24) is 9.29 Å². The molecule has 0 aliphatic carbocycles. The van der Waals surface area contributed by atoms with Crippen LogP contribution in [0.15, 0.2) is 28.5 Å². The van der Waals surface area contributed by atoms with E-state index >= 15 is 0 Å². The van der Waals surface area contributed by atoms with E-state index in [0.717, 1.165) is 16.9 Å². The molecule has 1 aromatic carbocycles. The molecule has 0 atom stereocenters. The SMILES string of the molecule is Cc1nc(Cl)sc1S(=O)(=O)N(C)Cc1ccccc1Cl. The van der Waals surface area contributed by atoms with Crippen molar-refractivity contribution in [3.05, 3.63) is 45.0 Å². The Morgan fingerprint density at radius 3 is 2.50 bits per heavy atom. The van der Waals surface area contributed by atoms with Crippen LogP contribution in [0.5, 0.6) is 0 Å². The van der Waals surface area contributed by atoms with Crippen molar-refractivity contribution in [1.29, 1.82) is 0 Å². The molecule has 1 heterocycles. The Bertz CT molecular complexity index is 729. The molecule has 0 aliphatic heterocycles. The van der Waals surface area contributed by atoms with Crippen molar-refractivity contribution in [2.24, 2.45) is 0 Å². The van der Waals surface area contributed by atoms with Gasteiger partial charge in [0.2, 0.25) is 0 Å². The van der Waals surface area contributed by atoms with Crippen LogP contribution in [0.4, 0.5) is 0 Å². The van der Waals surface area contributed by atoms with Crippen molar-refractivity contribution >= 4 is 44.6 Å². The molecule has 0 unspecified atom stereocenters. The first-order valence-corrected chi connectivity index (χ1v) is 8.66. The van der Waals surface area contributed by atoms with Crippen LogP contribution in [0.3, 0.4) is 0 Å². The summed E-state index contributed by atoms with van der Waals surface area (Å²) >= 11 is 12.8. The van der Waals surface area contributed by atoms with Gasteiger partial charge in [0.05, 0.1) is 5.69 Å². The zero-order valence-electron chi connectivity index (χ0n) is 10.8. The number of aryl methyl sites for hydroxylation is 1. The molecule has 0 aliphatic rings. The molecule has 0 saturated carbocycles. The first-order chi connectivity index (χ1) is 9.32. The minimum Gasteiger partial charge on any atom is -0.229 e. The molecular weight excluding hydrogens is 339 g/mol. The van der Waals surface area contributed by atoms with E-state index in [0.29, 0.717) is 10.7 Å². The quantitative estimate of drug-likeness (QED) is 0.846. The van der Waals surface area contributed by atoms with Gasteiger partial charge in [-0.3, -0.25) is 0 Å². The molecule has 20 heavy (non-hydrogen) atoms. The minimum absolute atomic E-state index is 0.164. The maximum Gasteiger partial charge on any atom is 0.254 e. The third-order valence-electron chi connectivity index (χ3n) is 2.72. The molecule has 0 radical (unpaired) electrons. The lowest BCUT2D eigenvalue weighted by molar-refractivity contribution is 0.468. The second-order valence-electron chi connectivity index (χ2n) is 4.19. The van der Waals surface area contributed by atoms with E-state index in [4.69, 9.17) is 23.2 Å². The number of rotatable bonds is 4. The lowest BCUT2D eigenvalue weighted by atomic mass is 10.2. The molecule has 0 fully saturated rings. The van der Waals surface area contributed by atoms with Crippen LogP contribution in [0, 0.1) is 6.92 Å². The Morgan fingerprint density at radius 1 is 1.30 bits per heavy atom. The summed E-state index contributed by atoms with van der Waals surface area (Å²) in [4.78, 5) is 3.94. The van der Waals surface area contributed by atoms with Gasteiger partial charge in [0.15, 0.2) is 8.68 Å². The highest BCUT2D eigenvalue weighted by molar-refractivity contribution is 7.91. The number of hydrogen-bond acceptors (Lipinski definition) is 4. The van der Waals surface area contributed by atoms with Gasteiger partial charge in [-0.05, 0) is 18.6 Å². The summed E-state index contributed by atoms with van der Waals surface area (Å²) in [6, 6.07) is 7.14. The average Bonchev–Trinajstić information content (AvgIpc) is 2.72. The van der Waals surface area contributed by atoms with Crippen LogP contribution in [0.25, 0.3) is 0 Å². The minimum atomic E-state index is -3.62. The van der Waals surface area contributed by atoms with E-state index < -0.39 is 10.0 Å². The Hall–Kier alpha value is -0.660. The fraction of sp³-hybridized carbons (Fsp3) is 0.250. The maximum atomic E-state index is 12.5. The van der Waals surface area contributed by atoms with Gasteiger partial charge in [0.25, 0.3) is 10.0 Å². The molecule has 8 heteroatoms. The van der Waals surface area contributed by atoms with Crippen LogP contribution >= 0.6 is 34.5 Å². The van der Waals surface area contributed by atoms with Gasteiger partial charge in [-0.1, -0.05) is 52.7 Å². The van der Waals surface area contributed by atoms with Gasteiger partial charge in [0, 0.05) is 18.6 Å². The van der Waals surface area contributed by atoms with E-state index in [1.165, 1.54) is 11.4 Å². The molecule has 0 spiro atoms. The van der Waals surface area contributed by atoms with Crippen molar-refractivity contribution in [3.8, 4) is 0 Å². The largest absolute Gasteiger partial charge is 0.254 e. The highest BCUT2D eigenvalue weighted by Gasteiger charge is 2.26. The molecule has 2 rings (SSSR count). The summed E-state index contributed by atoms with van der Waals surface area (Å²) < 4.78 is 26.6. The number of thiazole rings is 1. The lowest BCUT2D eigenvalue weighted by Gasteiger charge is -2.17. The predicted molar refractivity (Wildman–Crippen MR) is 82.0 cm³/mol. The van der Waals surface area contributed by atoms with E-state index in [9.17, 15) is 8.42 Å². The molecule has 0 saturated heterocycles. The molecule has 0 bridgehead atoms. The monoisotopic (exact) mass is 350 g/mol. The number of halogens is 2. The molecule has 0 N–H and O–H groups in total. The van der Waals surface area contributed by atoms with Crippen LogP contribution in [-0.4, -0.2) is 24.8 Å². The van der Waals surface area contributed by atoms with Crippen molar-refractivity contribution in [3.63, 3.8) is 0 Å². The summed E-state index contributed by atoms with van der Waals surface area (Å²) in [5.41, 5.74) is 1.15. The fourth-order valence-electron chi connectivity index (χ4n) is 1.68. The van der Waals surface area contributed by atoms with Crippen molar-refractivity contribution < 1.29 is 8.42 Å². The number of nitrogens with zero attached hydrogens (tertiary/aromatic N) is 2. The first kappa shape index (κ1) is 15.7. The maximum absolute atomic E-state index is 12.5. The second-order valence-corrected chi connectivity index (χ2v) is 8.42. The number of hydrogen-bond donors (Lipinski definition) is 0. The van der Waals surface area contributed by atoms with Crippen LogP contribution in [0.2, 0.25) is 9.49 Å². The van der Waals surface area contributed by atoms with Crippen LogP contribution < -0.4 is 0 Å². The lowest BCUT2D eigenvalue weighted by Crippen LogP contribution is -2.26. The summed E-state index contributed by atoms with van der Waals surface area (Å²) in [5, 5.41) is 0.536. The number of benzene rings is 1. The number of aromatic nitrogens is 1. The van der Waals surface area contributed by atoms with E-state index in [1.54, 1.807) is 25.1 Å². The summed E-state index contributed by atoms with van der Waals surface area (Å²) in [6.45, 7) is 1.82. The summed E-state index contributed by atoms with van der Waals surface area (Å²) in [6.07, 6.45) is 0. The standard InChI is InChI=1S/C12H12Cl2N2O2S2/c1-8-11(19-12(14)15-8)20(17,18)16(2)7-9-5-3-4-6-10(9)13/h3-6H,7H2,1-2H3. The third-order valence-corrected chi connectivity index (χ3v) is 6.74. The van der Waals surface area contributed by atoms with Crippen molar-refractivity contribution in [2.45, 2.75) is 17.7 Å². The van der Waals surface area contributed by atoms with E-state index in [2.05, 4.69) is 4.98 Å². The Morgan fingerprint density at radius 2 is 1.95 bits per heavy atom. The zero-order chi connectivity index (χ0) is 14.9. The van der Waals surface area contributed by atoms with Crippen LogP contribution in [-0.2, 0) is 16.6 Å². The Labute approximate surface area is 132 Å². The molecular formula is C12H12Cl2N2O2S2. The van der Waals surface area contributed by atoms with Crippen LogP contribution in [0.1, 0.15) is 11.3 Å². The number of sulfonamides is 1. The molecule has 108 valence electrons. The van der Waals surface area contributed by atoms with E-state index in [1.807, 2.05) is 6.07 Å². The first-order valence-electron chi connectivity index (χ1n) is 5.65.